The minimum Gasteiger partial charge on any atom is -0.496 e. The molecule has 0 radical (unpaired) electrons. The molecule has 0 amide bonds. The summed E-state index contributed by atoms with van der Waals surface area (Å²) in [6.07, 6.45) is -2.59. The molecular formula is C30H37NO12. The standard InChI is InChI=1S/C30H37NO12/c1-15-21(39-6)8-7-19-13-22-30(38)10-9-20(14-29(30,23(15)19)11-12-31(22)5)43-27(36)16(2)40-28(37)25(42-18(4)33)24(26(34)35)41-17(3)32/h7-9,16,22,24-25,38H,10-14H2,1-6H3,(H,34,35)/t16-,22+,24+,25+,29+,30+/m0/s1. The predicted octanol–water partition coefficient (Wildman–Crippen LogP) is 1.33. The van der Waals surface area contributed by atoms with Gasteiger partial charge in [0, 0.05) is 38.1 Å². The van der Waals surface area contributed by atoms with Crippen molar-refractivity contribution in [2.24, 2.45) is 0 Å². The van der Waals surface area contributed by atoms with E-state index in [0.717, 1.165) is 30.5 Å². The highest BCUT2D eigenvalue weighted by Crippen LogP contribution is 2.59. The molecule has 1 saturated heterocycles. The molecular weight excluding hydrogens is 566 g/mol. The van der Waals surface area contributed by atoms with Crippen molar-refractivity contribution in [3.8, 4) is 5.75 Å². The number of likely N-dealkylation sites (tertiary alicyclic amines) is 1. The molecule has 13 nitrogen and oxygen atoms in total. The number of fused-ring (bicyclic) bond motifs is 1. The molecule has 0 saturated carbocycles. The van der Waals surface area contributed by atoms with E-state index in [1.165, 1.54) is 6.92 Å². The first-order chi connectivity index (χ1) is 20.1. The number of esters is 4. The molecule has 0 aromatic heterocycles. The third-order valence-corrected chi connectivity index (χ3v) is 8.73. The number of carboxylic acids is 1. The Bertz CT molecular complexity index is 1370. The fourth-order valence-corrected chi connectivity index (χ4v) is 6.82. The summed E-state index contributed by atoms with van der Waals surface area (Å²) in [5, 5.41) is 21.7. The molecule has 2 N–H and O–H groups in total. The van der Waals surface area contributed by atoms with Gasteiger partial charge in [0.25, 0.3) is 0 Å². The average molecular weight is 604 g/mol. The number of hydrogen-bond acceptors (Lipinski definition) is 12. The van der Waals surface area contributed by atoms with E-state index in [1.807, 2.05) is 26.1 Å². The highest BCUT2D eigenvalue weighted by atomic mass is 16.6. The van der Waals surface area contributed by atoms with Crippen LogP contribution < -0.4 is 4.74 Å². The molecule has 6 atom stereocenters. The van der Waals surface area contributed by atoms with E-state index in [-0.39, 0.29) is 24.6 Å². The van der Waals surface area contributed by atoms with E-state index >= 15 is 0 Å². The van der Waals surface area contributed by atoms with Crippen LogP contribution in [0.15, 0.2) is 24.0 Å². The minimum atomic E-state index is -2.20. The van der Waals surface area contributed by atoms with Crippen LogP contribution in [0, 0.1) is 6.92 Å². The van der Waals surface area contributed by atoms with Crippen molar-refractivity contribution in [3.05, 3.63) is 40.7 Å². The molecule has 13 heteroatoms. The summed E-state index contributed by atoms with van der Waals surface area (Å²) in [6, 6.07) is 3.77. The summed E-state index contributed by atoms with van der Waals surface area (Å²) >= 11 is 0. The molecule has 3 aliphatic rings. The normalized spacial score (nSPS) is 26.3. The number of allylic oxidation sites excluding steroid dienone is 1. The number of carbonyl (C=O) groups is 5. The number of nitrogens with zero attached hydrogens (tertiary/aromatic N) is 1. The van der Waals surface area contributed by atoms with Gasteiger partial charge in [0.2, 0.25) is 12.2 Å². The lowest BCUT2D eigenvalue weighted by Gasteiger charge is -2.62. The van der Waals surface area contributed by atoms with Crippen molar-refractivity contribution >= 4 is 29.8 Å². The molecule has 43 heavy (non-hydrogen) atoms. The van der Waals surface area contributed by atoms with Gasteiger partial charge in [0.05, 0.1) is 12.7 Å². The van der Waals surface area contributed by atoms with Crippen LogP contribution in [0.2, 0.25) is 0 Å². The SMILES string of the molecule is COc1ccc2c(c1C)[C@]13CCN(C)[C@H](C2)[C@]1(O)CC=C(OC(=O)[C@H](C)OC(=O)[C@H](OC(C)=O)[C@@H](OC(C)=O)C(=O)O)C3. The van der Waals surface area contributed by atoms with Crippen LogP contribution in [-0.4, -0.2) is 95.6 Å². The Labute approximate surface area is 248 Å². The van der Waals surface area contributed by atoms with E-state index in [2.05, 4.69) is 9.64 Å². The van der Waals surface area contributed by atoms with Crippen LogP contribution in [0.3, 0.4) is 0 Å². The Hall–Kier alpha value is -3.97. The zero-order valence-corrected chi connectivity index (χ0v) is 25.0. The van der Waals surface area contributed by atoms with Crippen molar-refractivity contribution in [2.45, 2.75) is 88.7 Å². The number of likely N-dealkylation sites (N-methyl/N-ethyl adjacent to an activating group) is 1. The fraction of sp³-hybridized carbons (Fsp3) is 0.567. The van der Waals surface area contributed by atoms with E-state index in [4.69, 9.17) is 18.9 Å². The second kappa shape index (κ2) is 12.0. The van der Waals surface area contributed by atoms with Gasteiger partial charge in [-0.2, -0.15) is 0 Å². The van der Waals surface area contributed by atoms with Crippen LogP contribution in [-0.2, 0) is 54.8 Å². The zero-order chi connectivity index (χ0) is 31.9. The molecule has 0 spiro atoms. The number of methoxy groups -OCH3 is 1. The summed E-state index contributed by atoms with van der Waals surface area (Å²) in [5.74, 6) is -5.24. The van der Waals surface area contributed by atoms with Crippen LogP contribution >= 0.6 is 0 Å². The largest absolute Gasteiger partial charge is 0.496 e. The highest BCUT2D eigenvalue weighted by molar-refractivity contribution is 5.89. The van der Waals surface area contributed by atoms with Gasteiger partial charge < -0.3 is 38.8 Å². The maximum Gasteiger partial charge on any atom is 0.352 e. The van der Waals surface area contributed by atoms with Crippen molar-refractivity contribution in [2.75, 3.05) is 20.7 Å². The predicted molar refractivity (Wildman–Crippen MR) is 147 cm³/mol. The molecule has 0 unspecified atom stereocenters. The summed E-state index contributed by atoms with van der Waals surface area (Å²) in [7, 11) is 3.58. The molecule has 1 aromatic carbocycles. The van der Waals surface area contributed by atoms with Crippen molar-refractivity contribution < 1.29 is 57.9 Å². The Morgan fingerprint density at radius 1 is 1.02 bits per heavy atom. The minimum absolute atomic E-state index is 0.160. The molecule has 2 aliphatic carbocycles. The number of aliphatic carboxylic acids is 1. The van der Waals surface area contributed by atoms with E-state index in [9.17, 15) is 34.2 Å². The van der Waals surface area contributed by atoms with Gasteiger partial charge in [-0.1, -0.05) is 6.07 Å². The molecule has 1 aromatic rings. The van der Waals surface area contributed by atoms with Gasteiger partial charge in [-0.25, -0.2) is 14.4 Å². The number of piperidine rings is 1. The molecule has 4 rings (SSSR count). The first-order valence-electron chi connectivity index (χ1n) is 13.9. The third-order valence-electron chi connectivity index (χ3n) is 8.73. The van der Waals surface area contributed by atoms with E-state index < -0.39 is 59.2 Å². The number of hydrogen-bond donors (Lipinski definition) is 2. The first kappa shape index (κ1) is 32.0. The second-order valence-electron chi connectivity index (χ2n) is 11.3. The van der Waals surface area contributed by atoms with Crippen LogP contribution in [0.5, 0.6) is 5.75 Å². The van der Waals surface area contributed by atoms with Crippen molar-refractivity contribution in [1.82, 2.24) is 4.90 Å². The highest BCUT2D eigenvalue weighted by Gasteiger charge is 2.64. The number of carboxylic acid groups (broad SMARTS) is 1. The number of rotatable bonds is 9. The van der Waals surface area contributed by atoms with Gasteiger partial charge in [0.1, 0.15) is 11.5 Å². The quantitative estimate of drug-likeness (QED) is 0.306. The number of aliphatic hydroxyl groups is 1. The third kappa shape index (κ3) is 5.70. The number of benzene rings is 1. The number of ether oxygens (including phenoxy) is 5. The monoisotopic (exact) mass is 603 g/mol. The number of carbonyl (C=O) groups excluding carboxylic acids is 4. The van der Waals surface area contributed by atoms with Gasteiger partial charge in [-0.05, 0) is 69.1 Å². The van der Waals surface area contributed by atoms with Crippen LogP contribution in [0.25, 0.3) is 0 Å². The Balaban J connectivity index is 1.57. The molecule has 234 valence electrons. The van der Waals surface area contributed by atoms with Crippen LogP contribution in [0.4, 0.5) is 0 Å². The summed E-state index contributed by atoms with van der Waals surface area (Å²) in [5.41, 5.74) is 1.06. The summed E-state index contributed by atoms with van der Waals surface area (Å²) in [6.45, 7) is 5.72. The molecule has 2 bridgehead atoms. The van der Waals surface area contributed by atoms with Crippen molar-refractivity contribution in [3.63, 3.8) is 0 Å². The Morgan fingerprint density at radius 3 is 2.28 bits per heavy atom. The second-order valence-corrected chi connectivity index (χ2v) is 11.3. The lowest BCUT2D eigenvalue weighted by atomic mass is 9.50. The Kier molecular flexibility index (Phi) is 8.89. The van der Waals surface area contributed by atoms with Gasteiger partial charge in [-0.3, -0.25) is 9.59 Å². The lowest BCUT2D eigenvalue weighted by Crippen LogP contribution is -2.71. The fourth-order valence-electron chi connectivity index (χ4n) is 6.82. The molecule has 1 fully saturated rings. The maximum absolute atomic E-state index is 13.1. The topological polar surface area (TPSA) is 175 Å². The van der Waals surface area contributed by atoms with E-state index in [0.29, 0.717) is 25.1 Å². The Morgan fingerprint density at radius 2 is 1.67 bits per heavy atom. The lowest BCUT2D eigenvalue weighted by molar-refractivity contribution is -0.192. The van der Waals surface area contributed by atoms with Gasteiger partial charge in [0.15, 0.2) is 6.10 Å². The summed E-state index contributed by atoms with van der Waals surface area (Å²) < 4.78 is 25.8. The van der Waals surface area contributed by atoms with Gasteiger partial charge in [-0.15, -0.1) is 0 Å². The van der Waals surface area contributed by atoms with Gasteiger partial charge >= 0.3 is 29.8 Å². The zero-order valence-electron chi connectivity index (χ0n) is 25.0. The smallest absolute Gasteiger partial charge is 0.352 e. The van der Waals surface area contributed by atoms with Crippen LogP contribution in [0.1, 0.15) is 56.7 Å². The average Bonchev–Trinajstić information content (AvgIpc) is 2.92. The molecule has 1 aliphatic heterocycles. The van der Waals surface area contributed by atoms with Crippen molar-refractivity contribution in [1.29, 1.82) is 0 Å². The van der Waals surface area contributed by atoms with E-state index in [1.54, 1.807) is 13.2 Å². The molecule has 1 heterocycles. The first-order valence-corrected chi connectivity index (χ1v) is 13.9. The maximum atomic E-state index is 13.1. The summed E-state index contributed by atoms with van der Waals surface area (Å²) in [4.78, 5) is 62.7.